The average molecular weight is 251 g/mol. The Morgan fingerprint density at radius 3 is 2.94 bits per heavy atom. The van der Waals surface area contributed by atoms with Crippen molar-refractivity contribution in [2.24, 2.45) is 5.73 Å². The van der Waals surface area contributed by atoms with E-state index >= 15 is 0 Å². The Morgan fingerprint density at radius 2 is 2.29 bits per heavy atom. The molecule has 1 fully saturated rings. The van der Waals surface area contributed by atoms with Gasteiger partial charge in [0.15, 0.2) is 0 Å². The Kier molecular flexibility index (Phi) is 3.64. The van der Waals surface area contributed by atoms with Crippen LogP contribution < -0.4 is 10.6 Å². The number of thioether (sulfide) groups is 1. The van der Waals surface area contributed by atoms with Gasteiger partial charge < -0.3 is 10.6 Å². The zero-order chi connectivity index (χ0) is 12.5. The van der Waals surface area contributed by atoms with Gasteiger partial charge in [0, 0.05) is 53.3 Å². The summed E-state index contributed by atoms with van der Waals surface area (Å²) in [5, 5.41) is 0. The van der Waals surface area contributed by atoms with Crippen molar-refractivity contribution >= 4 is 17.4 Å². The van der Waals surface area contributed by atoms with Crippen LogP contribution in [-0.4, -0.2) is 28.6 Å². The largest absolute Gasteiger partial charge is 0.369 e. The molecule has 4 heteroatoms. The van der Waals surface area contributed by atoms with Gasteiger partial charge in [-0.05, 0) is 26.8 Å². The molecule has 2 rings (SSSR count). The Hall–Kier alpha value is -0.740. The minimum absolute atomic E-state index is 0.321. The molecule has 1 aromatic heterocycles. The van der Waals surface area contributed by atoms with Crippen LogP contribution in [0.5, 0.6) is 0 Å². The first-order valence-electron chi connectivity index (χ1n) is 6.06. The number of hydrogen-bond donors (Lipinski definition) is 1. The number of hydrogen-bond acceptors (Lipinski definition) is 4. The van der Waals surface area contributed by atoms with Gasteiger partial charge in [-0.3, -0.25) is 4.98 Å². The molecule has 17 heavy (non-hydrogen) atoms. The third-order valence-corrected chi connectivity index (χ3v) is 4.38. The number of anilines is 1. The normalized spacial score (nSPS) is 19.4. The number of nitrogens with zero attached hydrogens (tertiary/aromatic N) is 2. The lowest BCUT2D eigenvalue weighted by molar-refractivity contribution is 0.645. The lowest BCUT2D eigenvalue weighted by atomic mass is 10.1. The SMILES string of the molecule is Cc1cc(N2CCSC(C)(C)C2)c(CN)cn1. The number of pyridine rings is 1. The van der Waals surface area contributed by atoms with Crippen molar-refractivity contribution in [1.82, 2.24) is 4.98 Å². The van der Waals surface area contributed by atoms with Crippen LogP contribution >= 0.6 is 11.8 Å². The van der Waals surface area contributed by atoms with Crippen LogP contribution in [0.2, 0.25) is 0 Å². The van der Waals surface area contributed by atoms with E-state index in [9.17, 15) is 0 Å². The van der Waals surface area contributed by atoms with Crippen molar-refractivity contribution in [2.45, 2.75) is 32.1 Å². The van der Waals surface area contributed by atoms with Gasteiger partial charge in [0.1, 0.15) is 0 Å². The summed E-state index contributed by atoms with van der Waals surface area (Å²) in [7, 11) is 0. The Morgan fingerprint density at radius 1 is 1.53 bits per heavy atom. The van der Waals surface area contributed by atoms with Gasteiger partial charge in [-0.25, -0.2) is 0 Å². The van der Waals surface area contributed by atoms with Gasteiger partial charge in [-0.2, -0.15) is 11.8 Å². The molecule has 3 nitrogen and oxygen atoms in total. The van der Waals surface area contributed by atoms with E-state index in [0.717, 1.165) is 24.3 Å². The van der Waals surface area contributed by atoms with Gasteiger partial charge in [0.25, 0.3) is 0 Å². The van der Waals surface area contributed by atoms with Crippen molar-refractivity contribution in [3.63, 3.8) is 0 Å². The van der Waals surface area contributed by atoms with Gasteiger partial charge in [-0.1, -0.05) is 0 Å². The molecule has 0 aromatic carbocycles. The highest BCUT2D eigenvalue weighted by molar-refractivity contribution is 8.00. The molecule has 0 spiro atoms. The van der Waals surface area contributed by atoms with E-state index in [-0.39, 0.29) is 0 Å². The van der Waals surface area contributed by atoms with Crippen molar-refractivity contribution in [1.29, 1.82) is 0 Å². The molecule has 0 radical (unpaired) electrons. The molecule has 1 aliphatic heterocycles. The summed E-state index contributed by atoms with van der Waals surface area (Å²) >= 11 is 2.05. The van der Waals surface area contributed by atoms with Crippen LogP contribution in [0.15, 0.2) is 12.3 Å². The summed E-state index contributed by atoms with van der Waals surface area (Å²) in [5.74, 6) is 1.18. The van der Waals surface area contributed by atoms with E-state index in [0.29, 0.717) is 11.3 Å². The predicted octanol–water partition coefficient (Wildman–Crippen LogP) is 2.18. The second-order valence-electron chi connectivity index (χ2n) is 5.19. The van der Waals surface area contributed by atoms with Gasteiger partial charge in [0.2, 0.25) is 0 Å². The van der Waals surface area contributed by atoms with Crippen LogP contribution in [0.3, 0.4) is 0 Å². The maximum atomic E-state index is 5.80. The summed E-state index contributed by atoms with van der Waals surface area (Å²) in [6.07, 6.45) is 1.92. The van der Waals surface area contributed by atoms with E-state index in [4.69, 9.17) is 5.73 Å². The number of nitrogens with two attached hydrogens (primary N) is 1. The second kappa shape index (κ2) is 4.86. The fourth-order valence-corrected chi connectivity index (χ4v) is 3.36. The quantitative estimate of drug-likeness (QED) is 0.875. The molecular weight excluding hydrogens is 230 g/mol. The molecule has 0 atom stereocenters. The maximum absolute atomic E-state index is 5.80. The molecule has 0 bridgehead atoms. The summed E-state index contributed by atoms with van der Waals surface area (Å²) in [6, 6.07) is 2.16. The Bertz CT molecular complexity index is 404. The van der Waals surface area contributed by atoms with Crippen LogP contribution in [0.25, 0.3) is 0 Å². The molecule has 0 saturated carbocycles. The van der Waals surface area contributed by atoms with Gasteiger partial charge >= 0.3 is 0 Å². The summed E-state index contributed by atoms with van der Waals surface area (Å²) in [5.41, 5.74) is 9.29. The molecule has 2 N–H and O–H groups in total. The van der Waals surface area contributed by atoms with E-state index in [1.807, 2.05) is 24.9 Å². The highest BCUT2D eigenvalue weighted by Crippen LogP contribution is 2.33. The smallest absolute Gasteiger partial charge is 0.0446 e. The third kappa shape index (κ3) is 2.93. The highest BCUT2D eigenvalue weighted by Gasteiger charge is 2.28. The first-order chi connectivity index (χ1) is 8.02. The van der Waals surface area contributed by atoms with E-state index < -0.39 is 0 Å². The van der Waals surface area contributed by atoms with Crippen LogP contribution in [-0.2, 0) is 6.54 Å². The van der Waals surface area contributed by atoms with Gasteiger partial charge in [-0.15, -0.1) is 0 Å². The minimum atomic E-state index is 0.321. The highest BCUT2D eigenvalue weighted by atomic mass is 32.2. The molecule has 2 heterocycles. The van der Waals surface area contributed by atoms with Crippen LogP contribution in [0, 0.1) is 6.92 Å². The third-order valence-electron chi connectivity index (χ3n) is 3.08. The summed E-state index contributed by atoms with van der Waals surface area (Å²) < 4.78 is 0.321. The van der Waals surface area contributed by atoms with E-state index in [1.54, 1.807) is 0 Å². The summed E-state index contributed by atoms with van der Waals surface area (Å²) in [6.45, 7) is 9.39. The standard InChI is InChI=1S/C13H21N3S/c1-10-6-12(11(7-14)8-15-10)16-4-5-17-13(2,3)9-16/h6,8H,4-5,7,9,14H2,1-3H3. The molecule has 1 saturated heterocycles. The molecular formula is C13H21N3S. The second-order valence-corrected chi connectivity index (χ2v) is 6.99. The van der Waals surface area contributed by atoms with E-state index in [2.05, 4.69) is 29.8 Å². The van der Waals surface area contributed by atoms with Crippen LogP contribution in [0.4, 0.5) is 5.69 Å². The molecule has 1 aromatic rings. The first-order valence-corrected chi connectivity index (χ1v) is 7.05. The molecule has 0 amide bonds. The van der Waals surface area contributed by atoms with Crippen molar-refractivity contribution in [3.8, 4) is 0 Å². The predicted molar refractivity (Wildman–Crippen MR) is 75.6 cm³/mol. The van der Waals surface area contributed by atoms with Crippen molar-refractivity contribution < 1.29 is 0 Å². The molecule has 94 valence electrons. The topological polar surface area (TPSA) is 42.1 Å². The average Bonchev–Trinajstić information content (AvgIpc) is 2.27. The monoisotopic (exact) mass is 251 g/mol. The Labute approximate surface area is 108 Å². The van der Waals surface area contributed by atoms with Gasteiger partial charge in [0.05, 0.1) is 0 Å². The van der Waals surface area contributed by atoms with E-state index in [1.165, 1.54) is 11.4 Å². The Balaban J connectivity index is 2.29. The van der Waals surface area contributed by atoms with Crippen LogP contribution in [0.1, 0.15) is 25.1 Å². The maximum Gasteiger partial charge on any atom is 0.0446 e. The lowest BCUT2D eigenvalue weighted by Gasteiger charge is -2.39. The minimum Gasteiger partial charge on any atom is -0.369 e. The number of rotatable bonds is 2. The summed E-state index contributed by atoms with van der Waals surface area (Å²) in [4.78, 5) is 6.78. The number of aryl methyl sites for hydroxylation is 1. The fourth-order valence-electron chi connectivity index (χ4n) is 2.25. The molecule has 1 aliphatic rings. The zero-order valence-corrected chi connectivity index (χ0v) is 11.7. The number of aromatic nitrogens is 1. The lowest BCUT2D eigenvalue weighted by Crippen LogP contribution is -2.43. The fraction of sp³-hybridized carbons (Fsp3) is 0.615. The van der Waals surface area contributed by atoms with Crippen molar-refractivity contribution in [3.05, 3.63) is 23.5 Å². The molecule has 0 unspecified atom stereocenters. The molecule has 0 aliphatic carbocycles. The van der Waals surface area contributed by atoms with Crippen molar-refractivity contribution in [2.75, 3.05) is 23.7 Å². The first kappa shape index (κ1) is 12.7. The zero-order valence-electron chi connectivity index (χ0n) is 10.9.